The van der Waals surface area contributed by atoms with Crippen LogP contribution in [0, 0.1) is 13.8 Å². The number of nitrogens with zero attached hydrogens (tertiary/aromatic N) is 2. The van der Waals surface area contributed by atoms with Crippen LogP contribution < -0.4 is 5.32 Å². The first-order valence-corrected chi connectivity index (χ1v) is 7.46. The van der Waals surface area contributed by atoms with Crippen molar-refractivity contribution in [1.29, 1.82) is 0 Å². The minimum Gasteiger partial charge on any atom is -0.336 e. The lowest BCUT2D eigenvalue weighted by molar-refractivity contribution is 0.0502. The molecule has 0 aromatic heterocycles. The van der Waals surface area contributed by atoms with E-state index in [9.17, 15) is 4.79 Å². The van der Waals surface area contributed by atoms with E-state index >= 15 is 0 Å². The number of benzene rings is 1. The van der Waals surface area contributed by atoms with E-state index in [0.29, 0.717) is 6.04 Å². The summed E-state index contributed by atoms with van der Waals surface area (Å²) >= 11 is 0. The predicted octanol–water partition coefficient (Wildman–Crippen LogP) is 1.03. The van der Waals surface area contributed by atoms with Crippen LogP contribution in [-0.2, 0) is 0 Å². The van der Waals surface area contributed by atoms with Gasteiger partial charge in [0.2, 0.25) is 0 Å². The lowest BCUT2D eigenvalue weighted by atomic mass is 10.1. The van der Waals surface area contributed by atoms with Gasteiger partial charge in [-0.2, -0.15) is 0 Å². The van der Waals surface area contributed by atoms with Crippen LogP contribution in [0.5, 0.6) is 0 Å². The smallest absolute Gasteiger partial charge is 0.253 e. The van der Waals surface area contributed by atoms with Gasteiger partial charge in [-0.25, -0.2) is 0 Å². The lowest BCUT2D eigenvalue weighted by Crippen LogP contribution is -2.62. The Labute approximate surface area is 120 Å². The molecular weight excluding hydrogens is 250 g/mol. The molecular formula is C16H23N3O. The summed E-state index contributed by atoms with van der Waals surface area (Å²) < 4.78 is 0. The van der Waals surface area contributed by atoms with Crippen LogP contribution in [0.2, 0.25) is 0 Å². The second-order valence-corrected chi connectivity index (χ2v) is 6.02. The quantitative estimate of drug-likeness (QED) is 0.874. The van der Waals surface area contributed by atoms with Crippen molar-refractivity contribution in [1.82, 2.24) is 15.1 Å². The van der Waals surface area contributed by atoms with E-state index < -0.39 is 0 Å². The Bertz CT molecular complexity index is 482. The summed E-state index contributed by atoms with van der Waals surface area (Å²) in [6.07, 6.45) is 0. The lowest BCUT2D eigenvalue weighted by Gasteiger charge is -2.43. The molecule has 2 heterocycles. The van der Waals surface area contributed by atoms with Crippen molar-refractivity contribution in [3.05, 3.63) is 34.9 Å². The third kappa shape index (κ3) is 2.72. The molecule has 1 amide bonds. The van der Waals surface area contributed by atoms with Gasteiger partial charge in [0, 0.05) is 50.9 Å². The van der Waals surface area contributed by atoms with E-state index in [1.54, 1.807) is 0 Å². The Hall–Kier alpha value is -1.39. The Morgan fingerprint density at radius 2 is 1.65 bits per heavy atom. The highest BCUT2D eigenvalue weighted by Crippen LogP contribution is 2.15. The summed E-state index contributed by atoms with van der Waals surface area (Å²) in [5.74, 6) is 0.184. The van der Waals surface area contributed by atoms with Crippen LogP contribution in [0.4, 0.5) is 0 Å². The van der Waals surface area contributed by atoms with Gasteiger partial charge < -0.3 is 10.2 Å². The largest absolute Gasteiger partial charge is 0.336 e. The minimum absolute atomic E-state index is 0.184. The number of carbonyl (C=O) groups excluding carboxylic acids is 1. The molecule has 2 aliphatic rings. The van der Waals surface area contributed by atoms with Gasteiger partial charge in [-0.05, 0) is 26.0 Å². The molecule has 3 rings (SSSR count). The maximum atomic E-state index is 12.6. The SMILES string of the molecule is Cc1cc(C)cc(C(=O)N2CCN(C3CNC3)CC2)c1. The van der Waals surface area contributed by atoms with E-state index in [4.69, 9.17) is 0 Å². The van der Waals surface area contributed by atoms with E-state index in [2.05, 4.69) is 16.3 Å². The number of hydrogen-bond donors (Lipinski definition) is 1. The van der Waals surface area contributed by atoms with Gasteiger partial charge in [0.15, 0.2) is 0 Å². The van der Waals surface area contributed by atoms with E-state index in [-0.39, 0.29) is 5.91 Å². The van der Waals surface area contributed by atoms with E-state index in [0.717, 1.165) is 56.0 Å². The van der Waals surface area contributed by atoms with Crippen LogP contribution >= 0.6 is 0 Å². The van der Waals surface area contributed by atoms with Crippen molar-refractivity contribution >= 4 is 5.91 Å². The van der Waals surface area contributed by atoms with Crippen molar-refractivity contribution in [3.63, 3.8) is 0 Å². The molecule has 4 nitrogen and oxygen atoms in total. The number of nitrogens with one attached hydrogen (secondary N) is 1. The number of aryl methyl sites for hydroxylation is 2. The van der Waals surface area contributed by atoms with E-state index in [1.165, 1.54) is 0 Å². The molecule has 1 aromatic carbocycles. The average molecular weight is 273 g/mol. The van der Waals surface area contributed by atoms with Crippen LogP contribution in [0.15, 0.2) is 18.2 Å². The first kappa shape index (κ1) is 13.6. The zero-order valence-corrected chi connectivity index (χ0v) is 12.4. The average Bonchev–Trinajstić information content (AvgIpc) is 2.35. The van der Waals surface area contributed by atoms with Crippen molar-refractivity contribution in [2.45, 2.75) is 19.9 Å². The first-order chi connectivity index (χ1) is 9.63. The molecule has 20 heavy (non-hydrogen) atoms. The summed E-state index contributed by atoms with van der Waals surface area (Å²) in [4.78, 5) is 17.1. The molecule has 1 aromatic rings. The first-order valence-electron chi connectivity index (χ1n) is 7.46. The van der Waals surface area contributed by atoms with Gasteiger partial charge in [0.05, 0.1) is 0 Å². The summed E-state index contributed by atoms with van der Waals surface area (Å²) in [6.45, 7) is 10.0. The fourth-order valence-corrected chi connectivity index (χ4v) is 3.10. The van der Waals surface area contributed by atoms with Crippen LogP contribution in [0.3, 0.4) is 0 Å². The standard InChI is InChI=1S/C16H23N3O/c1-12-7-13(2)9-14(8-12)16(20)19-5-3-18(4-6-19)15-10-17-11-15/h7-9,15,17H,3-6,10-11H2,1-2H3. The van der Waals surface area contributed by atoms with Crippen LogP contribution in [0.25, 0.3) is 0 Å². The molecule has 2 saturated heterocycles. The summed E-state index contributed by atoms with van der Waals surface area (Å²) in [5.41, 5.74) is 3.15. The fraction of sp³-hybridized carbons (Fsp3) is 0.562. The molecule has 2 fully saturated rings. The number of hydrogen-bond acceptors (Lipinski definition) is 3. The molecule has 1 N–H and O–H groups in total. The number of amides is 1. The molecule has 4 heteroatoms. The number of carbonyl (C=O) groups is 1. The zero-order valence-electron chi connectivity index (χ0n) is 12.4. The normalized spacial score (nSPS) is 20.8. The molecule has 0 spiro atoms. The topological polar surface area (TPSA) is 35.6 Å². The second kappa shape index (κ2) is 5.54. The second-order valence-electron chi connectivity index (χ2n) is 6.02. The Morgan fingerprint density at radius 3 is 2.15 bits per heavy atom. The van der Waals surface area contributed by atoms with Gasteiger partial charge in [0.1, 0.15) is 0 Å². The molecule has 0 bridgehead atoms. The van der Waals surface area contributed by atoms with Gasteiger partial charge in [-0.1, -0.05) is 17.2 Å². The summed E-state index contributed by atoms with van der Waals surface area (Å²) in [6, 6.07) is 6.79. The highest BCUT2D eigenvalue weighted by atomic mass is 16.2. The zero-order chi connectivity index (χ0) is 14.1. The highest BCUT2D eigenvalue weighted by Gasteiger charge is 2.29. The Morgan fingerprint density at radius 1 is 1.05 bits per heavy atom. The van der Waals surface area contributed by atoms with Crippen molar-refractivity contribution in [2.75, 3.05) is 39.3 Å². The molecule has 0 saturated carbocycles. The molecule has 0 radical (unpaired) electrons. The molecule has 0 unspecified atom stereocenters. The predicted molar refractivity (Wildman–Crippen MR) is 80.1 cm³/mol. The van der Waals surface area contributed by atoms with E-state index in [1.807, 2.05) is 30.9 Å². The third-order valence-electron chi connectivity index (χ3n) is 4.35. The van der Waals surface area contributed by atoms with Crippen LogP contribution in [-0.4, -0.2) is 61.0 Å². The number of piperazine rings is 1. The van der Waals surface area contributed by atoms with Gasteiger partial charge in [-0.15, -0.1) is 0 Å². The van der Waals surface area contributed by atoms with Crippen molar-refractivity contribution in [3.8, 4) is 0 Å². The fourth-order valence-electron chi connectivity index (χ4n) is 3.10. The number of rotatable bonds is 2. The molecule has 108 valence electrons. The monoisotopic (exact) mass is 273 g/mol. The summed E-state index contributed by atoms with van der Waals surface area (Å²) in [5, 5.41) is 3.31. The van der Waals surface area contributed by atoms with Gasteiger partial charge in [0.25, 0.3) is 5.91 Å². The Kier molecular flexibility index (Phi) is 3.76. The molecule has 0 aliphatic carbocycles. The van der Waals surface area contributed by atoms with Crippen LogP contribution in [0.1, 0.15) is 21.5 Å². The minimum atomic E-state index is 0.184. The maximum Gasteiger partial charge on any atom is 0.253 e. The molecule has 2 aliphatic heterocycles. The van der Waals surface area contributed by atoms with Crippen molar-refractivity contribution in [2.24, 2.45) is 0 Å². The summed E-state index contributed by atoms with van der Waals surface area (Å²) in [7, 11) is 0. The van der Waals surface area contributed by atoms with Crippen molar-refractivity contribution < 1.29 is 4.79 Å². The molecule has 0 atom stereocenters. The third-order valence-corrected chi connectivity index (χ3v) is 4.35. The highest BCUT2D eigenvalue weighted by molar-refractivity contribution is 5.94. The van der Waals surface area contributed by atoms with Gasteiger partial charge in [-0.3, -0.25) is 9.69 Å². The van der Waals surface area contributed by atoms with Gasteiger partial charge >= 0.3 is 0 Å². The Balaban J connectivity index is 1.63. The maximum absolute atomic E-state index is 12.6.